The van der Waals surface area contributed by atoms with Gasteiger partial charge in [-0.25, -0.2) is 19.3 Å². The molecule has 146 valence electrons. The van der Waals surface area contributed by atoms with Gasteiger partial charge in [-0.2, -0.15) is 5.26 Å². The van der Waals surface area contributed by atoms with Crippen LogP contribution in [-0.2, 0) is 0 Å². The quantitative estimate of drug-likeness (QED) is 0.731. The standard InChI is InChI=1S/C20H19FN8/c1-27-8-13-9-29(18(13)10-27)15-2-3-17(16(21)4-15)28-11-20(25-12-28)26-19-7-23-14(5-22)6-24-19/h2-4,6-7,11-13,18H,8-10H2,1H3,(H,24,26)/t13-,18-/m1/s1. The van der Waals surface area contributed by atoms with Crippen LogP contribution < -0.4 is 10.2 Å². The Labute approximate surface area is 167 Å². The highest BCUT2D eigenvalue weighted by Crippen LogP contribution is 2.36. The minimum atomic E-state index is -0.292. The van der Waals surface area contributed by atoms with Crippen LogP contribution in [0.4, 0.5) is 21.7 Å². The summed E-state index contributed by atoms with van der Waals surface area (Å²) in [6, 6.07) is 7.75. The Bertz CT molecular complexity index is 1090. The molecule has 1 aromatic carbocycles. The zero-order valence-corrected chi connectivity index (χ0v) is 15.8. The molecule has 0 bridgehead atoms. The van der Waals surface area contributed by atoms with Gasteiger partial charge in [0, 0.05) is 37.3 Å². The molecule has 5 rings (SSSR count). The maximum Gasteiger partial charge on any atom is 0.158 e. The van der Waals surface area contributed by atoms with Crippen LogP contribution in [0.15, 0.2) is 43.1 Å². The number of rotatable bonds is 4. The Hall–Kier alpha value is -3.51. The molecular formula is C20H19FN8. The van der Waals surface area contributed by atoms with E-state index < -0.39 is 0 Å². The van der Waals surface area contributed by atoms with E-state index in [4.69, 9.17) is 5.26 Å². The monoisotopic (exact) mass is 390 g/mol. The van der Waals surface area contributed by atoms with Crippen molar-refractivity contribution in [1.29, 1.82) is 5.26 Å². The van der Waals surface area contributed by atoms with Gasteiger partial charge in [-0.1, -0.05) is 0 Å². The molecule has 3 aromatic rings. The largest absolute Gasteiger partial charge is 0.366 e. The number of aromatic nitrogens is 4. The fourth-order valence-electron chi connectivity index (χ4n) is 4.13. The van der Waals surface area contributed by atoms with Crippen molar-refractivity contribution in [2.45, 2.75) is 6.04 Å². The van der Waals surface area contributed by atoms with Gasteiger partial charge in [0.25, 0.3) is 0 Å². The van der Waals surface area contributed by atoms with Crippen molar-refractivity contribution in [3.8, 4) is 11.8 Å². The van der Waals surface area contributed by atoms with E-state index in [0.29, 0.717) is 29.3 Å². The van der Waals surface area contributed by atoms with Crippen molar-refractivity contribution >= 4 is 17.3 Å². The molecule has 9 heteroatoms. The van der Waals surface area contributed by atoms with Crippen molar-refractivity contribution in [3.05, 3.63) is 54.6 Å². The molecule has 8 nitrogen and oxygen atoms in total. The lowest BCUT2D eigenvalue weighted by atomic mass is 9.91. The summed E-state index contributed by atoms with van der Waals surface area (Å²) >= 11 is 0. The van der Waals surface area contributed by atoms with E-state index in [1.807, 2.05) is 12.1 Å². The predicted molar refractivity (Wildman–Crippen MR) is 106 cm³/mol. The summed E-state index contributed by atoms with van der Waals surface area (Å²) in [5.41, 5.74) is 1.59. The number of hydrogen-bond donors (Lipinski definition) is 1. The lowest BCUT2D eigenvalue weighted by Crippen LogP contribution is -2.55. The Balaban J connectivity index is 1.32. The summed E-state index contributed by atoms with van der Waals surface area (Å²) < 4.78 is 16.5. The van der Waals surface area contributed by atoms with Crippen LogP contribution in [0.1, 0.15) is 5.69 Å². The van der Waals surface area contributed by atoms with Crippen LogP contribution in [-0.4, -0.2) is 57.1 Å². The molecular weight excluding hydrogens is 371 g/mol. The maximum absolute atomic E-state index is 14.8. The number of nitrogens with one attached hydrogen (secondary N) is 1. The molecule has 0 radical (unpaired) electrons. The van der Waals surface area contributed by atoms with Gasteiger partial charge >= 0.3 is 0 Å². The van der Waals surface area contributed by atoms with Crippen LogP contribution in [0.25, 0.3) is 5.69 Å². The van der Waals surface area contributed by atoms with Crippen LogP contribution >= 0.6 is 0 Å². The topological polar surface area (TPSA) is 85.9 Å². The SMILES string of the molecule is CN1C[C@@H]2CN(c3ccc(-n4cnc(Nc5cnc(C#N)cn5)c4)c(F)c3)[C@@H]2C1. The Kier molecular flexibility index (Phi) is 4.14. The lowest BCUT2D eigenvalue weighted by Gasteiger charge is -2.45. The third kappa shape index (κ3) is 3.17. The number of fused-ring (bicyclic) bond motifs is 1. The van der Waals surface area contributed by atoms with Crippen molar-refractivity contribution in [1.82, 2.24) is 24.4 Å². The summed E-state index contributed by atoms with van der Waals surface area (Å²) in [6.07, 6.45) is 6.06. The van der Waals surface area contributed by atoms with Crippen molar-refractivity contribution in [2.24, 2.45) is 5.92 Å². The second-order valence-electron chi connectivity index (χ2n) is 7.53. The lowest BCUT2D eigenvalue weighted by molar-refractivity contribution is 0.360. The first-order valence-electron chi connectivity index (χ1n) is 9.39. The highest BCUT2D eigenvalue weighted by Gasteiger charge is 2.44. The number of imidazole rings is 1. The maximum atomic E-state index is 14.8. The first-order valence-corrected chi connectivity index (χ1v) is 9.39. The van der Waals surface area contributed by atoms with Gasteiger partial charge < -0.3 is 19.7 Å². The molecule has 2 aliphatic rings. The second kappa shape index (κ2) is 6.83. The molecule has 0 amide bonds. The minimum Gasteiger partial charge on any atom is -0.366 e. The number of likely N-dealkylation sites (tertiary alicyclic amines) is 1. The van der Waals surface area contributed by atoms with Gasteiger partial charge in [-0.3, -0.25) is 0 Å². The van der Waals surface area contributed by atoms with E-state index in [0.717, 1.165) is 25.3 Å². The molecule has 0 saturated carbocycles. The average Bonchev–Trinajstić information content (AvgIpc) is 3.28. The Morgan fingerprint density at radius 1 is 1.14 bits per heavy atom. The van der Waals surface area contributed by atoms with Gasteiger partial charge in [0.05, 0.1) is 24.3 Å². The highest BCUT2D eigenvalue weighted by molar-refractivity contribution is 5.56. The normalized spacial score (nSPS) is 20.8. The average molecular weight is 390 g/mol. The summed E-state index contributed by atoms with van der Waals surface area (Å²) in [7, 11) is 2.13. The predicted octanol–water partition coefficient (Wildman–Crippen LogP) is 2.17. The fraction of sp³-hybridized carbons (Fsp3) is 0.300. The fourth-order valence-corrected chi connectivity index (χ4v) is 4.13. The van der Waals surface area contributed by atoms with Gasteiger partial charge in [-0.05, 0) is 25.2 Å². The molecule has 2 aromatic heterocycles. The van der Waals surface area contributed by atoms with Gasteiger partial charge in [0.1, 0.15) is 29.8 Å². The van der Waals surface area contributed by atoms with E-state index in [-0.39, 0.29) is 11.5 Å². The Morgan fingerprint density at radius 3 is 2.76 bits per heavy atom. The van der Waals surface area contributed by atoms with Gasteiger partial charge in [-0.15, -0.1) is 0 Å². The van der Waals surface area contributed by atoms with E-state index in [2.05, 4.69) is 37.1 Å². The molecule has 0 unspecified atom stereocenters. The Morgan fingerprint density at radius 2 is 2.03 bits per heavy atom. The third-order valence-corrected chi connectivity index (χ3v) is 5.57. The number of anilines is 3. The molecule has 4 heterocycles. The zero-order chi connectivity index (χ0) is 20.0. The smallest absolute Gasteiger partial charge is 0.158 e. The van der Waals surface area contributed by atoms with Crippen molar-refractivity contribution in [2.75, 3.05) is 36.9 Å². The van der Waals surface area contributed by atoms with Crippen LogP contribution in [0.5, 0.6) is 0 Å². The summed E-state index contributed by atoms with van der Waals surface area (Å²) in [4.78, 5) is 16.9. The second-order valence-corrected chi connectivity index (χ2v) is 7.53. The summed E-state index contributed by atoms with van der Waals surface area (Å²) in [6.45, 7) is 3.14. The summed E-state index contributed by atoms with van der Waals surface area (Å²) in [5, 5.41) is 11.8. The van der Waals surface area contributed by atoms with E-state index in [1.54, 1.807) is 29.2 Å². The number of benzene rings is 1. The molecule has 2 fully saturated rings. The van der Waals surface area contributed by atoms with Gasteiger partial charge in [0.15, 0.2) is 5.69 Å². The minimum absolute atomic E-state index is 0.237. The van der Waals surface area contributed by atoms with Crippen LogP contribution in [0, 0.1) is 23.1 Å². The molecule has 2 aliphatic heterocycles. The number of likely N-dealkylation sites (N-methyl/N-ethyl adjacent to an activating group) is 1. The summed E-state index contributed by atoms with van der Waals surface area (Å²) in [5.74, 6) is 1.36. The number of nitriles is 1. The van der Waals surface area contributed by atoms with Crippen molar-refractivity contribution in [3.63, 3.8) is 0 Å². The number of nitrogens with zero attached hydrogens (tertiary/aromatic N) is 7. The molecule has 29 heavy (non-hydrogen) atoms. The number of halogens is 1. The van der Waals surface area contributed by atoms with E-state index in [1.165, 1.54) is 12.4 Å². The molecule has 2 saturated heterocycles. The van der Waals surface area contributed by atoms with Crippen LogP contribution in [0.3, 0.4) is 0 Å². The van der Waals surface area contributed by atoms with E-state index in [9.17, 15) is 4.39 Å². The first kappa shape index (κ1) is 17.6. The first-order chi connectivity index (χ1) is 14.1. The molecule has 0 aliphatic carbocycles. The third-order valence-electron chi connectivity index (χ3n) is 5.57. The zero-order valence-electron chi connectivity index (χ0n) is 15.8. The van der Waals surface area contributed by atoms with E-state index >= 15 is 0 Å². The van der Waals surface area contributed by atoms with Gasteiger partial charge in [0.2, 0.25) is 0 Å². The van der Waals surface area contributed by atoms with Crippen molar-refractivity contribution < 1.29 is 4.39 Å². The number of hydrogen-bond acceptors (Lipinski definition) is 7. The molecule has 2 atom stereocenters. The molecule has 0 spiro atoms. The molecule has 1 N–H and O–H groups in total. The highest BCUT2D eigenvalue weighted by atomic mass is 19.1. The van der Waals surface area contributed by atoms with Crippen LogP contribution in [0.2, 0.25) is 0 Å².